The van der Waals surface area contributed by atoms with E-state index in [1.165, 1.54) is 26.0 Å². The second kappa shape index (κ2) is 15.1. The molecule has 2 aromatic rings. The summed E-state index contributed by atoms with van der Waals surface area (Å²) in [6.07, 6.45) is -6.28. The summed E-state index contributed by atoms with van der Waals surface area (Å²) in [5.41, 5.74) is 2.02. The van der Waals surface area contributed by atoms with Crippen LogP contribution < -0.4 is 4.74 Å². The van der Waals surface area contributed by atoms with Crippen LogP contribution in [0.5, 0.6) is 5.75 Å². The van der Waals surface area contributed by atoms with E-state index < -0.39 is 54.9 Å². The molecule has 2 aliphatic rings. The quantitative estimate of drug-likeness (QED) is 0.205. The molecule has 0 saturated carbocycles. The minimum atomic E-state index is -1.41. The van der Waals surface area contributed by atoms with Gasteiger partial charge in [-0.3, -0.25) is 9.59 Å². The molecule has 228 valence electrons. The zero-order valence-corrected chi connectivity index (χ0v) is 24.0. The lowest BCUT2D eigenvalue weighted by Gasteiger charge is -2.47. The lowest BCUT2D eigenvalue weighted by atomic mass is 9.97. The summed E-state index contributed by atoms with van der Waals surface area (Å²) in [6, 6.07) is 13.9. The van der Waals surface area contributed by atoms with Crippen LogP contribution in [0.2, 0.25) is 0 Å². The van der Waals surface area contributed by atoms with Crippen molar-refractivity contribution in [3.63, 3.8) is 0 Å². The van der Waals surface area contributed by atoms with Crippen LogP contribution in [0.3, 0.4) is 0 Å². The van der Waals surface area contributed by atoms with Crippen LogP contribution >= 0.6 is 0 Å². The van der Waals surface area contributed by atoms with Crippen LogP contribution in [-0.4, -0.2) is 88.8 Å². The van der Waals surface area contributed by atoms with E-state index in [1.807, 2.05) is 31.2 Å². The van der Waals surface area contributed by atoms with Crippen molar-refractivity contribution in [3.8, 4) is 5.75 Å². The van der Waals surface area contributed by atoms with Gasteiger partial charge in [0.1, 0.15) is 24.6 Å². The lowest BCUT2D eigenvalue weighted by molar-refractivity contribution is -0.354. The Kier molecular flexibility index (Phi) is 11.3. The zero-order chi connectivity index (χ0) is 30.1. The highest BCUT2D eigenvalue weighted by atomic mass is 16.8. The number of aryl methyl sites for hydroxylation is 1. The first-order valence-electron chi connectivity index (χ1n) is 13.6. The molecule has 12 heteroatoms. The molecule has 0 amide bonds. The monoisotopic (exact) mass is 588 g/mol. The molecule has 4 rings (SSSR count). The van der Waals surface area contributed by atoms with Crippen LogP contribution in [0.4, 0.5) is 0 Å². The maximum Gasteiger partial charge on any atom is 0.340 e. The lowest BCUT2D eigenvalue weighted by Crippen LogP contribution is -2.64. The first-order chi connectivity index (χ1) is 20.2. The Morgan fingerprint density at radius 2 is 1.48 bits per heavy atom. The number of carbonyl (C=O) groups excluding carboxylic acids is 3. The van der Waals surface area contributed by atoms with Crippen molar-refractivity contribution in [2.24, 2.45) is 0 Å². The summed E-state index contributed by atoms with van der Waals surface area (Å²) in [6.45, 7) is 6.09. The molecule has 2 saturated heterocycles. The average molecular weight is 589 g/mol. The Morgan fingerprint density at radius 3 is 2.14 bits per heavy atom. The smallest absolute Gasteiger partial charge is 0.340 e. The molecule has 2 aromatic carbocycles. The summed E-state index contributed by atoms with van der Waals surface area (Å²) in [5.74, 6) is -1.53. The van der Waals surface area contributed by atoms with Gasteiger partial charge in [-0.2, -0.15) is 0 Å². The molecule has 2 heterocycles. The van der Waals surface area contributed by atoms with E-state index in [9.17, 15) is 14.4 Å². The Balaban J connectivity index is 1.45. The molecule has 0 unspecified atom stereocenters. The standard InChI is InChI=1S/C30H36O12/c1-18-5-7-22(8-6-18)29-37-17-24-25(41-29)26(38-19(2)31)27(39-20(3)32)30(40-24)42-28(33)21-9-11-23(12-10-21)36-16-15-35-14-13-34-4/h5-12,24-27,29-30H,13-17H2,1-4H3/t24-,25-,26+,27-,29-,30+/m1/s1. The summed E-state index contributed by atoms with van der Waals surface area (Å²) in [4.78, 5) is 37.3. The number of hydrogen-bond donors (Lipinski definition) is 0. The molecule has 0 spiro atoms. The molecule has 6 atom stereocenters. The number of rotatable bonds is 12. The third kappa shape index (κ3) is 8.49. The van der Waals surface area contributed by atoms with Crippen molar-refractivity contribution in [2.75, 3.05) is 40.1 Å². The van der Waals surface area contributed by atoms with Crippen molar-refractivity contribution in [2.45, 2.75) is 57.8 Å². The fraction of sp³-hybridized carbons (Fsp3) is 0.500. The van der Waals surface area contributed by atoms with Crippen molar-refractivity contribution in [3.05, 3.63) is 65.2 Å². The van der Waals surface area contributed by atoms with Crippen LogP contribution in [0.1, 0.15) is 41.6 Å². The molecule has 0 N–H and O–H groups in total. The van der Waals surface area contributed by atoms with E-state index in [-0.39, 0.29) is 12.2 Å². The Labute approximate surface area is 244 Å². The van der Waals surface area contributed by atoms with Crippen molar-refractivity contribution in [1.82, 2.24) is 0 Å². The van der Waals surface area contributed by atoms with Crippen molar-refractivity contribution >= 4 is 17.9 Å². The summed E-state index contributed by atoms with van der Waals surface area (Å²) in [5, 5.41) is 0. The molecular formula is C30H36O12. The van der Waals surface area contributed by atoms with E-state index in [0.29, 0.717) is 32.2 Å². The molecule has 0 radical (unpaired) electrons. The normalized spacial score (nSPS) is 25.1. The molecule has 0 aliphatic carbocycles. The first kappa shape index (κ1) is 31.4. The third-order valence-corrected chi connectivity index (χ3v) is 6.48. The number of methoxy groups -OCH3 is 1. The molecule has 0 bridgehead atoms. The molecule has 42 heavy (non-hydrogen) atoms. The number of benzene rings is 2. The molecule has 0 aromatic heterocycles. The fourth-order valence-corrected chi connectivity index (χ4v) is 4.50. The Morgan fingerprint density at radius 1 is 0.810 bits per heavy atom. The van der Waals surface area contributed by atoms with Gasteiger partial charge in [0.2, 0.25) is 12.4 Å². The highest BCUT2D eigenvalue weighted by Gasteiger charge is 2.54. The Bertz CT molecular complexity index is 1180. The van der Waals surface area contributed by atoms with Gasteiger partial charge in [-0.25, -0.2) is 4.79 Å². The molecule has 12 nitrogen and oxygen atoms in total. The van der Waals surface area contributed by atoms with Gasteiger partial charge in [0.15, 0.2) is 12.4 Å². The van der Waals surface area contributed by atoms with Gasteiger partial charge in [0.05, 0.1) is 32.0 Å². The summed E-state index contributed by atoms with van der Waals surface area (Å²) < 4.78 is 50.7. The van der Waals surface area contributed by atoms with Gasteiger partial charge < -0.3 is 42.6 Å². The first-order valence-corrected chi connectivity index (χ1v) is 13.6. The topological polar surface area (TPSA) is 134 Å². The summed E-state index contributed by atoms with van der Waals surface area (Å²) >= 11 is 0. The van der Waals surface area contributed by atoms with Gasteiger partial charge in [-0.15, -0.1) is 0 Å². The number of fused-ring (bicyclic) bond motifs is 1. The highest BCUT2D eigenvalue weighted by molar-refractivity contribution is 5.89. The summed E-state index contributed by atoms with van der Waals surface area (Å²) in [7, 11) is 1.60. The SMILES string of the molecule is COCCOCCOc1ccc(C(=O)O[C@@H]2O[C@@H]3CO[C@@H](c4ccc(C)cc4)O[C@H]3[C@H](OC(C)=O)[C@H]2OC(C)=O)cc1. The minimum Gasteiger partial charge on any atom is -0.491 e. The number of hydrogen-bond acceptors (Lipinski definition) is 12. The van der Waals surface area contributed by atoms with Crippen LogP contribution in [0.15, 0.2) is 48.5 Å². The molecular weight excluding hydrogens is 552 g/mol. The average Bonchev–Trinajstić information content (AvgIpc) is 2.96. The van der Waals surface area contributed by atoms with Gasteiger partial charge >= 0.3 is 17.9 Å². The maximum atomic E-state index is 13.1. The second-order valence-electron chi connectivity index (χ2n) is 9.75. The van der Waals surface area contributed by atoms with Gasteiger partial charge in [-0.05, 0) is 31.2 Å². The van der Waals surface area contributed by atoms with Gasteiger partial charge in [0, 0.05) is 26.5 Å². The Hall–Kier alpha value is -3.55. The van der Waals surface area contributed by atoms with Crippen molar-refractivity contribution < 1.29 is 57.0 Å². The predicted molar refractivity (Wildman–Crippen MR) is 145 cm³/mol. The number of carbonyl (C=O) groups is 3. The minimum absolute atomic E-state index is 0.0447. The number of ether oxygens (including phenoxy) is 9. The van der Waals surface area contributed by atoms with E-state index in [2.05, 4.69) is 0 Å². The van der Waals surface area contributed by atoms with E-state index >= 15 is 0 Å². The highest BCUT2D eigenvalue weighted by Crippen LogP contribution is 2.37. The van der Waals surface area contributed by atoms with Gasteiger partial charge in [-0.1, -0.05) is 29.8 Å². The van der Waals surface area contributed by atoms with Crippen LogP contribution in [0.25, 0.3) is 0 Å². The zero-order valence-electron chi connectivity index (χ0n) is 24.0. The van der Waals surface area contributed by atoms with Crippen LogP contribution in [0, 0.1) is 6.92 Å². The third-order valence-electron chi connectivity index (χ3n) is 6.48. The van der Waals surface area contributed by atoms with Gasteiger partial charge in [0.25, 0.3) is 0 Å². The molecule has 2 fully saturated rings. The van der Waals surface area contributed by atoms with E-state index in [1.54, 1.807) is 19.2 Å². The van der Waals surface area contributed by atoms with Crippen molar-refractivity contribution in [1.29, 1.82) is 0 Å². The fourth-order valence-electron chi connectivity index (χ4n) is 4.50. The van der Waals surface area contributed by atoms with Crippen LogP contribution in [-0.2, 0) is 47.5 Å². The van der Waals surface area contributed by atoms with E-state index in [0.717, 1.165) is 11.1 Å². The molecule has 2 aliphatic heterocycles. The second-order valence-corrected chi connectivity index (χ2v) is 9.75. The maximum absolute atomic E-state index is 13.1. The number of esters is 3. The largest absolute Gasteiger partial charge is 0.491 e. The van der Waals surface area contributed by atoms with E-state index in [4.69, 9.17) is 42.6 Å². The predicted octanol–water partition coefficient (Wildman–Crippen LogP) is 2.90.